The molecule has 6 nitrogen and oxygen atoms in total. The van der Waals surface area contributed by atoms with Crippen LogP contribution in [0.15, 0.2) is 53.1 Å². The average Bonchev–Trinajstić information content (AvgIpc) is 3.07. The highest BCUT2D eigenvalue weighted by Crippen LogP contribution is 2.26. The Labute approximate surface area is 175 Å². The summed E-state index contributed by atoms with van der Waals surface area (Å²) in [5.41, 5.74) is 2.45. The summed E-state index contributed by atoms with van der Waals surface area (Å²) in [6, 6.07) is 12.0. The quantitative estimate of drug-likeness (QED) is 0.486. The molecule has 0 saturated heterocycles. The van der Waals surface area contributed by atoms with E-state index in [-0.39, 0.29) is 12.5 Å². The fraction of sp³-hybridized carbons (Fsp3) is 0.200. The number of nitrogens with one attached hydrogen (secondary N) is 3. The second kappa shape index (κ2) is 9.12. The zero-order chi connectivity index (χ0) is 20.1. The largest absolute Gasteiger partial charge is 0.450 e. The van der Waals surface area contributed by atoms with Crippen molar-refractivity contribution in [3.05, 3.63) is 63.7 Å². The number of carbonyl (C=O) groups is 2. The molecule has 1 heterocycles. The van der Waals surface area contributed by atoms with Gasteiger partial charge in [-0.15, -0.1) is 0 Å². The van der Waals surface area contributed by atoms with Gasteiger partial charge in [0.15, 0.2) is 0 Å². The number of alkyl carbamates (subject to hydrolysis) is 1. The number of rotatable bonds is 6. The van der Waals surface area contributed by atoms with Crippen LogP contribution in [0.4, 0.5) is 10.5 Å². The molecule has 28 heavy (non-hydrogen) atoms. The van der Waals surface area contributed by atoms with Crippen LogP contribution in [0.25, 0.3) is 10.9 Å². The molecule has 3 aromatic rings. The first-order valence-electron chi connectivity index (χ1n) is 8.72. The van der Waals surface area contributed by atoms with Gasteiger partial charge in [0.2, 0.25) is 5.91 Å². The van der Waals surface area contributed by atoms with E-state index in [1.54, 1.807) is 25.1 Å². The number of para-hydroxylation sites is 1. The standard InChI is InChI=1S/C20H19BrClN3O3/c1-2-28-20(27)25-18(9-12-11-23-17-6-4-3-5-14(12)17)19(26)24-13-7-8-16(22)15(21)10-13/h3-8,10-11,18,23H,2,9H2,1H3,(H,24,26)(H,25,27)/t18-/m1/s1. The first-order chi connectivity index (χ1) is 13.5. The molecular formula is C20H19BrClN3O3. The van der Waals surface area contributed by atoms with E-state index < -0.39 is 12.1 Å². The monoisotopic (exact) mass is 463 g/mol. The molecule has 0 spiro atoms. The fourth-order valence-corrected chi connectivity index (χ4v) is 3.34. The number of fused-ring (bicyclic) bond motifs is 1. The lowest BCUT2D eigenvalue weighted by Crippen LogP contribution is -2.45. The second-order valence-electron chi connectivity index (χ2n) is 6.10. The lowest BCUT2D eigenvalue weighted by atomic mass is 10.0. The predicted molar refractivity (Wildman–Crippen MR) is 114 cm³/mol. The van der Waals surface area contributed by atoms with Gasteiger partial charge in [0.1, 0.15) is 6.04 Å². The first kappa shape index (κ1) is 20.2. The van der Waals surface area contributed by atoms with Crippen molar-refractivity contribution >= 4 is 56.1 Å². The number of anilines is 1. The maximum absolute atomic E-state index is 12.9. The van der Waals surface area contributed by atoms with Gasteiger partial charge in [-0.05, 0) is 52.7 Å². The summed E-state index contributed by atoms with van der Waals surface area (Å²) in [6.07, 6.45) is 1.51. The molecule has 0 unspecified atom stereocenters. The van der Waals surface area contributed by atoms with Crippen molar-refractivity contribution in [1.29, 1.82) is 0 Å². The number of amides is 2. The third-order valence-corrected chi connectivity index (χ3v) is 5.38. The van der Waals surface area contributed by atoms with E-state index in [1.165, 1.54) is 0 Å². The molecule has 0 saturated carbocycles. The number of ether oxygens (including phenoxy) is 1. The summed E-state index contributed by atoms with van der Waals surface area (Å²) in [7, 11) is 0. The van der Waals surface area contributed by atoms with Crippen LogP contribution in [-0.4, -0.2) is 29.6 Å². The number of hydrogen-bond acceptors (Lipinski definition) is 3. The Bertz CT molecular complexity index is 1010. The molecule has 8 heteroatoms. The molecule has 3 N–H and O–H groups in total. The van der Waals surface area contributed by atoms with E-state index in [0.717, 1.165) is 16.5 Å². The van der Waals surface area contributed by atoms with Crippen molar-refractivity contribution < 1.29 is 14.3 Å². The maximum atomic E-state index is 12.9. The Morgan fingerprint density at radius 2 is 2.04 bits per heavy atom. The summed E-state index contributed by atoms with van der Waals surface area (Å²) < 4.78 is 5.62. The summed E-state index contributed by atoms with van der Waals surface area (Å²) >= 11 is 9.33. The molecule has 0 bridgehead atoms. The zero-order valence-corrected chi connectivity index (χ0v) is 17.4. The number of benzene rings is 2. The van der Waals surface area contributed by atoms with E-state index in [2.05, 4.69) is 31.5 Å². The molecule has 1 aromatic heterocycles. The fourth-order valence-electron chi connectivity index (χ4n) is 2.85. The van der Waals surface area contributed by atoms with E-state index in [0.29, 0.717) is 21.6 Å². The molecule has 2 aromatic carbocycles. The van der Waals surface area contributed by atoms with Crippen molar-refractivity contribution in [2.75, 3.05) is 11.9 Å². The van der Waals surface area contributed by atoms with Gasteiger partial charge in [0.05, 0.1) is 11.6 Å². The molecule has 146 valence electrons. The van der Waals surface area contributed by atoms with Crippen molar-refractivity contribution in [2.45, 2.75) is 19.4 Å². The SMILES string of the molecule is CCOC(=O)N[C@H](Cc1c[nH]c2ccccc12)C(=O)Nc1ccc(Cl)c(Br)c1. The Morgan fingerprint density at radius 1 is 1.25 bits per heavy atom. The number of carbonyl (C=O) groups excluding carboxylic acids is 2. The van der Waals surface area contributed by atoms with Crippen molar-refractivity contribution in [3.63, 3.8) is 0 Å². The van der Waals surface area contributed by atoms with Crippen LogP contribution in [0.1, 0.15) is 12.5 Å². The summed E-state index contributed by atoms with van der Waals surface area (Å²) in [6.45, 7) is 1.93. The second-order valence-corrected chi connectivity index (χ2v) is 7.36. The van der Waals surface area contributed by atoms with Crippen LogP contribution >= 0.6 is 27.5 Å². The summed E-state index contributed by atoms with van der Waals surface area (Å²) in [4.78, 5) is 28.0. The van der Waals surface area contributed by atoms with Crippen LogP contribution < -0.4 is 10.6 Å². The number of H-pyrrole nitrogens is 1. The predicted octanol–water partition coefficient (Wildman–Crippen LogP) is 4.88. The Morgan fingerprint density at radius 3 is 2.79 bits per heavy atom. The number of hydrogen-bond donors (Lipinski definition) is 3. The van der Waals surface area contributed by atoms with Crippen LogP contribution in [0.2, 0.25) is 5.02 Å². The maximum Gasteiger partial charge on any atom is 0.407 e. The molecule has 0 fully saturated rings. The molecular weight excluding hydrogens is 446 g/mol. The molecule has 0 aliphatic carbocycles. The smallest absolute Gasteiger partial charge is 0.407 e. The van der Waals surface area contributed by atoms with Crippen LogP contribution in [0.3, 0.4) is 0 Å². The average molecular weight is 465 g/mol. The van der Waals surface area contributed by atoms with E-state index >= 15 is 0 Å². The minimum absolute atomic E-state index is 0.220. The molecule has 3 rings (SSSR count). The summed E-state index contributed by atoms with van der Waals surface area (Å²) in [5, 5.41) is 6.99. The van der Waals surface area contributed by atoms with Gasteiger partial charge < -0.3 is 20.4 Å². The minimum atomic E-state index is -0.812. The van der Waals surface area contributed by atoms with E-state index in [1.807, 2.05) is 30.5 Å². The van der Waals surface area contributed by atoms with Crippen LogP contribution in [0, 0.1) is 0 Å². The number of aromatic amines is 1. The van der Waals surface area contributed by atoms with Gasteiger partial charge in [-0.2, -0.15) is 0 Å². The third kappa shape index (κ3) is 4.85. The molecule has 0 aliphatic heterocycles. The van der Waals surface area contributed by atoms with Crippen LogP contribution in [-0.2, 0) is 16.0 Å². The third-order valence-electron chi connectivity index (χ3n) is 4.17. The van der Waals surface area contributed by atoms with Gasteiger partial charge in [-0.25, -0.2) is 4.79 Å². The van der Waals surface area contributed by atoms with Crippen molar-refractivity contribution in [2.24, 2.45) is 0 Å². The molecule has 0 aliphatic rings. The molecule has 1 atom stereocenters. The van der Waals surface area contributed by atoms with Gasteiger partial charge in [-0.3, -0.25) is 4.79 Å². The van der Waals surface area contributed by atoms with Gasteiger partial charge >= 0.3 is 6.09 Å². The molecule has 0 radical (unpaired) electrons. The van der Waals surface area contributed by atoms with Gasteiger partial charge in [0.25, 0.3) is 0 Å². The number of halogens is 2. The Hall–Kier alpha value is -2.51. The highest BCUT2D eigenvalue weighted by molar-refractivity contribution is 9.10. The normalized spacial score (nSPS) is 11.8. The summed E-state index contributed by atoms with van der Waals surface area (Å²) in [5.74, 6) is -0.354. The van der Waals surface area contributed by atoms with Crippen LogP contribution in [0.5, 0.6) is 0 Å². The minimum Gasteiger partial charge on any atom is -0.450 e. The Kier molecular flexibility index (Phi) is 6.59. The molecule has 2 amide bonds. The highest BCUT2D eigenvalue weighted by atomic mass is 79.9. The first-order valence-corrected chi connectivity index (χ1v) is 9.89. The van der Waals surface area contributed by atoms with Gasteiger partial charge in [0, 0.05) is 33.7 Å². The number of aromatic nitrogens is 1. The highest BCUT2D eigenvalue weighted by Gasteiger charge is 2.23. The zero-order valence-electron chi connectivity index (χ0n) is 15.1. The van der Waals surface area contributed by atoms with Crippen molar-refractivity contribution in [1.82, 2.24) is 10.3 Å². The van der Waals surface area contributed by atoms with E-state index in [4.69, 9.17) is 16.3 Å². The Balaban J connectivity index is 1.82. The topological polar surface area (TPSA) is 83.2 Å². The van der Waals surface area contributed by atoms with Gasteiger partial charge in [-0.1, -0.05) is 29.8 Å². The lowest BCUT2D eigenvalue weighted by molar-refractivity contribution is -0.118. The van der Waals surface area contributed by atoms with E-state index in [9.17, 15) is 9.59 Å². The lowest BCUT2D eigenvalue weighted by Gasteiger charge is -2.18. The van der Waals surface area contributed by atoms with Crippen molar-refractivity contribution in [3.8, 4) is 0 Å².